The van der Waals surface area contributed by atoms with Gasteiger partial charge in [-0.15, -0.1) is 0 Å². The van der Waals surface area contributed by atoms with E-state index in [0.717, 1.165) is 12.0 Å². The number of carbonyl (C=O) groups excluding carboxylic acids is 1. The Morgan fingerprint density at radius 1 is 1.31 bits per heavy atom. The standard InChI is InChI=1S/C23H27FN6O2/c1-14-11-30-13-17(9-18(24)21(30)27-14)20(25)28-19-6-5-15(10-26-19)16-7-8-29(12-16)22(31)32-23(2,3)4/h5-6,9-11,13,16H,7-8,12H2,1-4H3,(H2,25,26,28). The van der Waals surface area contributed by atoms with Crippen molar-refractivity contribution in [3.8, 4) is 0 Å². The number of nitrogens with one attached hydrogen (secondary N) is 2. The minimum atomic E-state index is -0.515. The lowest BCUT2D eigenvalue weighted by molar-refractivity contribution is 0.0292. The van der Waals surface area contributed by atoms with E-state index in [-0.39, 0.29) is 23.5 Å². The van der Waals surface area contributed by atoms with E-state index >= 15 is 0 Å². The molecule has 3 aromatic rings. The highest BCUT2D eigenvalue weighted by molar-refractivity contribution is 6.05. The molecule has 1 aliphatic rings. The molecule has 4 heterocycles. The van der Waals surface area contributed by atoms with Crippen LogP contribution in [0.2, 0.25) is 0 Å². The molecule has 3 aromatic heterocycles. The SMILES string of the molecule is Cc1cn2cc(C(=N)Nc3ccc(C4CCN(C(=O)OC(C)(C)C)C4)cn3)cc(F)c2n1. The van der Waals surface area contributed by atoms with Crippen molar-refractivity contribution in [2.45, 2.75) is 45.6 Å². The summed E-state index contributed by atoms with van der Waals surface area (Å²) in [5, 5.41) is 11.2. The Morgan fingerprint density at radius 2 is 2.09 bits per heavy atom. The summed E-state index contributed by atoms with van der Waals surface area (Å²) in [5.41, 5.74) is 1.84. The maximum Gasteiger partial charge on any atom is 0.410 e. The van der Waals surface area contributed by atoms with Crippen LogP contribution in [0.4, 0.5) is 15.0 Å². The Hall–Kier alpha value is -3.49. The van der Waals surface area contributed by atoms with E-state index in [1.807, 2.05) is 26.8 Å². The van der Waals surface area contributed by atoms with Gasteiger partial charge in [-0.2, -0.15) is 0 Å². The van der Waals surface area contributed by atoms with Crippen molar-refractivity contribution in [1.29, 1.82) is 5.41 Å². The number of ether oxygens (including phenoxy) is 1. The molecule has 1 atom stereocenters. The molecule has 0 aliphatic carbocycles. The topological polar surface area (TPSA) is 95.6 Å². The molecule has 0 bridgehead atoms. The molecule has 1 amide bonds. The number of likely N-dealkylation sites (tertiary alicyclic amines) is 1. The monoisotopic (exact) mass is 438 g/mol. The normalized spacial score (nSPS) is 16.4. The summed E-state index contributed by atoms with van der Waals surface area (Å²) in [6, 6.07) is 5.01. The molecule has 168 valence electrons. The van der Waals surface area contributed by atoms with E-state index in [0.29, 0.717) is 30.2 Å². The Kier molecular flexibility index (Phi) is 5.58. The second-order valence-corrected chi connectivity index (χ2v) is 9.08. The van der Waals surface area contributed by atoms with Crippen LogP contribution in [0.5, 0.6) is 0 Å². The first-order valence-corrected chi connectivity index (χ1v) is 10.5. The van der Waals surface area contributed by atoms with Crippen LogP contribution in [0.3, 0.4) is 0 Å². The number of anilines is 1. The van der Waals surface area contributed by atoms with Crippen LogP contribution < -0.4 is 5.32 Å². The van der Waals surface area contributed by atoms with Crippen LogP contribution in [0.1, 0.15) is 49.9 Å². The predicted octanol–water partition coefficient (Wildman–Crippen LogP) is 4.34. The summed E-state index contributed by atoms with van der Waals surface area (Å²) in [7, 11) is 0. The van der Waals surface area contributed by atoms with Crippen LogP contribution in [0.15, 0.2) is 36.8 Å². The number of imidazole rings is 1. The van der Waals surface area contributed by atoms with Crippen molar-refractivity contribution in [2.75, 3.05) is 18.4 Å². The minimum absolute atomic E-state index is 0.0365. The zero-order chi connectivity index (χ0) is 23.0. The number of nitrogens with zero attached hydrogens (tertiary/aromatic N) is 4. The first-order valence-electron chi connectivity index (χ1n) is 10.5. The van der Waals surface area contributed by atoms with Gasteiger partial charge in [-0.05, 0) is 51.8 Å². The van der Waals surface area contributed by atoms with Crippen molar-refractivity contribution in [2.24, 2.45) is 0 Å². The van der Waals surface area contributed by atoms with Gasteiger partial charge >= 0.3 is 6.09 Å². The van der Waals surface area contributed by atoms with E-state index < -0.39 is 11.4 Å². The quantitative estimate of drug-likeness (QED) is 0.469. The van der Waals surface area contributed by atoms with Gasteiger partial charge in [0.05, 0.1) is 5.69 Å². The van der Waals surface area contributed by atoms with E-state index in [9.17, 15) is 9.18 Å². The van der Waals surface area contributed by atoms with Gasteiger partial charge in [0, 0.05) is 43.2 Å². The molecular formula is C23H27FN6O2. The second kappa shape index (κ2) is 8.22. The third-order valence-electron chi connectivity index (χ3n) is 5.27. The number of carbonyl (C=O) groups is 1. The lowest BCUT2D eigenvalue weighted by Gasteiger charge is -2.24. The fourth-order valence-electron chi connectivity index (χ4n) is 3.76. The lowest BCUT2D eigenvalue weighted by Crippen LogP contribution is -2.35. The largest absolute Gasteiger partial charge is 0.444 e. The second-order valence-electron chi connectivity index (χ2n) is 9.08. The Balaban J connectivity index is 1.40. The van der Waals surface area contributed by atoms with Gasteiger partial charge in [-0.3, -0.25) is 5.41 Å². The number of hydrogen-bond acceptors (Lipinski definition) is 5. The number of hydrogen-bond donors (Lipinski definition) is 2. The zero-order valence-corrected chi connectivity index (χ0v) is 18.6. The number of amides is 1. The number of halogens is 1. The van der Waals surface area contributed by atoms with Crippen molar-refractivity contribution >= 4 is 23.4 Å². The molecular weight excluding hydrogens is 411 g/mol. The van der Waals surface area contributed by atoms with Gasteiger partial charge in [0.15, 0.2) is 11.5 Å². The summed E-state index contributed by atoms with van der Waals surface area (Å²) < 4.78 is 21.3. The van der Waals surface area contributed by atoms with E-state index in [4.69, 9.17) is 10.1 Å². The van der Waals surface area contributed by atoms with Crippen LogP contribution >= 0.6 is 0 Å². The third-order valence-corrected chi connectivity index (χ3v) is 5.27. The Labute approximate surface area is 185 Å². The fraction of sp³-hybridized carbons (Fsp3) is 0.391. The summed E-state index contributed by atoms with van der Waals surface area (Å²) in [6.07, 6.45) is 5.67. The number of pyridine rings is 2. The first kappa shape index (κ1) is 21.7. The van der Waals surface area contributed by atoms with Crippen molar-refractivity contribution in [3.63, 3.8) is 0 Å². The van der Waals surface area contributed by atoms with Crippen LogP contribution in [-0.4, -0.2) is 49.9 Å². The highest BCUT2D eigenvalue weighted by Crippen LogP contribution is 2.28. The van der Waals surface area contributed by atoms with Gasteiger partial charge < -0.3 is 19.4 Å². The van der Waals surface area contributed by atoms with E-state index in [2.05, 4.69) is 15.3 Å². The smallest absolute Gasteiger partial charge is 0.410 e. The highest BCUT2D eigenvalue weighted by Gasteiger charge is 2.30. The van der Waals surface area contributed by atoms with Gasteiger partial charge in [-0.25, -0.2) is 19.2 Å². The first-order chi connectivity index (χ1) is 15.1. The van der Waals surface area contributed by atoms with E-state index in [1.165, 1.54) is 6.07 Å². The van der Waals surface area contributed by atoms with Crippen LogP contribution in [-0.2, 0) is 4.74 Å². The van der Waals surface area contributed by atoms with Gasteiger partial charge in [-0.1, -0.05) is 6.07 Å². The predicted molar refractivity (Wildman–Crippen MR) is 120 cm³/mol. The highest BCUT2D eigenvalue weighted by atomic mass is 19.1. The van der Waals surface area contributed by atoms with Crippen molar-refractivity contribution in [1.82, 2.24) is 19.3 Å². The van der Waals surface area contributed by atoms with Gasteiger partial charge in [0.2, 0.25) is 0 Å². The molecule has 0 spiro atoms. The molecule has 2 N–H and O–H groups in total. The number of aryl methyl sites for hydroxylation is 1. The maximum absolute atomic E-state index is 14.3. The minimum Gasteiger partial charge on any atom is -0.444 e. The van der Waals surface area contributed by atoms with Crippen molar-refractivity contribution in [3.05, 3.63) is 59.4 Å². The molecule has 1 aliphatic heterocycles. The van der Waals surface area contributed by atoms with E-state index in [1.54, 1.807) is 40.9 Å². The molecule has 0 saturated carbocycles. The summed E-state index contributed by atoms with van der Waals surface area (Å²) >= 11 is 0. The zero-order valence-electron chi connectivity index (χ0n) is 18.6. The maximum atomic E-state index is 14.3. The Bertz CT molecular complexity index is 1170. The molecule has 1 saturated heterocycles. The number of amidine groups is 1. The molecule has 8 nitrogen and oxygen atoms in total. The van der Waals surface area contributed by atoms with Crippen molar-refractivity contribution < 1.29 is 13.9 Å². The molecule has 1 unspecified atom stereocenters. The average Bonchev–Trinajstić information content (AvgIpc) is 3.34. The van der Waals surface area contributed by atoms with Gasteiger partial charge in [0.1, 0.15) is 17.3 Å². The third kappa shape index (κ3) is 4.71. The molecule has 9 heteroatoms. The fourth-order valence-corrected chi connectivity index (χ4v) is 3.76. The summed E-state index contributed by atoms with van der Waals surface area (Å²) in [6.45, 7) is 8.59. The molecule has 0 radical (unpaired) electrons. The molecule has 1 fully saturated rings. The summed E-state index contributed by atoms with van der Waals surface area (Å²) in [5.74, 6) is 0.225. The number of aromatic nitrogens is 3. The molecule has 4 rings (SSSR count). The Morgan fingerprint density at radius 3 is 2.78 bits per heavy atom. The van der Waals surface area contributed by atoms with Crippen LogP contribution in [0.25, 0.3) is 5.65 Å². The molecule has 0 aromatic carbocycles. The summed E-state index contributed by atoms with van der Waals surface area (Å²) in [4.78, 5) is 22.5. The lowest BCUT2D eigenvalue weighted by atomic mass is 10.0. The van der Waals surface area contributed by atoms with Gasteiger partial charge in [0.25, 0.3) is 0 Å². The molecule has 32 heavy (non-hydrogen) atoms. The number of fused-ring (bicyclic) bond motifs is 1. The average molecular weight is 439 g/mol. The van der Waals surface area contributed by atoms with Crippen LogP contribution in [0, 0.1) is 18.2 Å². The number of rotatable bonds is 3.